The lowest BCUT2D eigenvalue weighted by Crippen LogP contribution is -2.52. The van der Waals surface area contributed by atoms with Crippen molar-refractivity contribution in [1.82, 2.24) is 15.5 Å². The van der Waals surface area contributed by atoms with Gasteiger partial charge in [-0.3, -0.25) is 14.4 Å². The first-order chi connectivity index (χ1) is 14.2. The Hall–Kier alpha value is -1.94. The fourth-order valence-electron chi connectivity index (χ4n) is 3.85. The monoisotopic (exact) mass is 499 g/mol. The molecule has 0 radical (unpaired) electrons. The number of likely N-dealkylation sites (tertiary alicyclic amines) is 1. The molecule has 0 spiro atoms. The van der Waals surface area contributed by atoms with E-state index in [0.29, 0.717) is 24.9 Å². The molecule has 0 bridgehead atoms. The minimum Gasteiger partial charge on any atom is -0.354 e. The maximum atomic E-state index is 12.8. The molecule has 1 aromatic rings. The van der Waals surface area contributed by atoms with E-state index in [9.17, 15) is 22.8 Å². The van der Waals surface area contributed by atoms with Gasteiger partial charge in [-0.05, 0) is 56.4 Å². The molecular formula is C20H26BrN3O5S. The zero-order chi connectivity index (χ0) is 21.9. The summed E-state index contributed by atoms with van der Waals surface area (Å²) in [6, 6.07) is 5.58. The number of amides is 3. The van der Waals surface area contributed by atoms with Crippen molar-refractivity contribution in [2.75, 3.05) is 24.6 Å². The zero-order valence-electron chi connectivity index (χ0n) is 16.8. The van der Waals surface area contributed by atoms with Gasteiger partial charge in [-0.25, -0.2) is 8.42 Å². The summed E-state index contributed by atoms with van der Waals surface area (Å²) in [6.45, 7) is 2.34. The van der Waals surface area contributed by atoms with Crippen LogP contribution in [0.2, 0.25) is 0 Å². The second-order valence-electron chi connectivity index (χ2n) is 7.91. The molecule has 2 aliphatic rings. The number of halogens is 1. The average molecular weight is 500 g/mol. The van der Waals surface area contributed by atoms with Gasteiger partial charge in [-0.2, -0.15) is 0 Å². The van der Waals surface area contributed by atoms with E-state index in [-0.39, 0.29) is 41.7 Å². The van der Waals surface area contributed by atoms with Gasteiger partial charge in [0.25, 0.3) is 5.91 Å². The van der Waals surface area contributed by atoms with E-state index in [4.69, 9.17) is 0 Å². The van der Waals surface area contributed by atoms with Crippen molar-refractivity contribution in [3.63, 3.8) is 0 Å². The number of hydrogen-bond donors (Lipinski definition) is 2. The molecule has 164 valence electrons. The average Bonchev–Trinajstić information content (AvgIpc) is 3.32. The Balaban J connectivity index is 1.52. The molecule has 10 heteroatoms. The summed E-state index contributed by atoms with van der Waals surface area (Å²) in [5, 5.41) is 5.41. The molecule has 2 N–H and O–H groups in total. The first-order valence-electron chi connectivity index (χ1n) is 10.0. The van der Waals surface area contributed by atoms with Crippen LogP contribution < -0.4 is 10.6 Å². The van der Waals surface area contributed by atoms with E-state index in [2.05, 4.69) is 26.6 Å². The first-order valence-corrected chi connectivity index (χ1v) is 12.6. The molecule has 2 fully saturated rings. The number of carbonyl (C=O) groups excluding carboxylic acids is 3. The number of nitrogens with one attached hydrogen (secondary N) is 2. The Morgan fingerprint density at radius 2 is 1.90 bits per heavy atom. The SMILES string of the molecule is CC(NC(=O)C1CCCN1C(=O)c1ccc(Br)cc1)C(=O)NCC1CCS(=O)(=O)C1. The highest BCUT2D eigenvalue weighted by atomic mass is 79.9. The van der Waals surface area contributed by atoms with Gasteiger partial charge in [-0.15, -0.1) is 0 Å². The number of hydrogen-bond acceptors (Lipinski definition) is 5. The Morgan fingerprint density at radius 1 is 1.20 bits per heavy atom. The molecule has 3 rings (SSSR count). The van der Waals surface area contributed by atoms with Gasteiger partial charge in [0, 0.05) is 23.1 Å². The van der Waals surface area contributed by atoms with Gasteiger partial charge in [0.2, 0.25) is 11.8 Å². The van der Waals surface area contributed by atoms with Crippen LogP contribution in [0.25, 0.3) is 0 Å². The summed E-state index contributed by atoms with van der Waals surface area (Å²) in [6.07, 6.45) is 1.80. The van der Waals surface area contributed by atoms with Crippen LogP contribution in [0.5, 0.6) is 0 Å². The van der Waals surface area contributed by atoms with Crippen LogP contribution in [0.15, 0.2) is 28.7 Å². The van der Waals surface area contributed by atoms with Crippen LogP contribution in [-0.2, 0) is 19.4 Å². The molecule has 1 aromatic carbocycles. The quantitative estimate of drug-likeness (QED) is 0.608. The highest BCUT2D eigenvalue weighted by molar-refractivity contribution is 9.10. The molecule has 0 aliphatic carbocycles. The topological polar surface area (TPSA) is 113 Å². The summed E-state index contributed by atoms with van der Waals surface area (Å²) in [5.41, 5.74) is 0.509. The Kier molecular flexibility index (Phi) is 7.18. The Labute approximate surface area is 184 Å². The molecule has 0 saturated carbocycles. The van der Waals surface area contributed by atoms with Crippen LogP contribution in [-0.4, -0.2) is 67.7 Å². The number of sulfone groups is 1. The predicted molar refractivity (Wildman–Crippen MR) is 116 cm³/mol. The third-order valence-corrected chi connectivity index (χ3v) is 7.92. The van der Waals surface area contributed by atoms with Crippen molar-refractivity contribution in [3.8, 4) is 0 Å². The summed E-state index contributed by atoms with van der Waals surface area (Å²) in [4.78, 5) is 39.4. The summed E-state index contributed by atoms with van der Waals surface area (Å²) in [7, 11) is -2.99. The summed E-state index contributed by atoms with van der Waals surface area (Å²) in [5.74, 6) is -0.775. The van der Waals surface area contributed by atoms with Crippen LogP contribution in [0.4, 0.5) is 0 Å². The highest BCUT2D eigenvalue weighted by Crippen LogP contribution is 2.22. The van der Waals surface area contributed by atoms with Crippen molar-refractivity contribution >= 4 is 43.5 Å². The van der Waals surface area contributed by atoms with Gasteiger partial charge >= 0.3 is 0 Å². The first kappa shape index (κ1) is 22.7. The number of benzene rings is 1. The lowest BCUT2D eigenvalue weighted by Gasteiger charge is -2.25. The molecule has 2 heterocycles. The molecule has 8 nitrogen and oxygen atoms in total. The fourth-order valence-corrected chi connectivity index (χ4v) is 5.97. The van der Waals surface area contributed by atoms with Gasteiger partial charge < -0.3 is 15.5 Å². The summed E-state index contributed by atoms with van der Waals surface area (Å²) < 4.78 is 23.9. The van der Waals surface area contributed by atoms with E-state index < -0.39 is 21.9 Å². The van der Waals surface area contributed by atoms with Gasteiger partial charge in [0.1, 0.15) is 12.1 Å². The van der Waals surface area contributed by atoms with E-state index >= 15 is 0 Å². The zero-order valence-corrected chi connectivity index (χ0v) is 19.2. The molecule has 0 aromatic heterocycles. The maximum absolute atomic E-state index is 12.8. The van der Waals surface area contributed by atoms with E-state index in [1.807, 2.05) is 0 Å². The van der Waals surface area contributed by atoms with E-state index in [1.54, 1.807) is 36.1 Å². The lowest BCUT2D eigenvalue weighted by molar-refractivity contribution is -0.130. The molecule has 30 heavy (non-hydrogen) atoms. The molecule has 2 saturated heterocycles. The summed E-state index contributed by atoms with van der Waals surface area (Å²) >= 11 is 3.34. The van der Waals surface area contributed by atoms with Crippen LogP contribution in [0.3, 0.4) is 0 Å². The van der Waals surface area contributed by atoms with Crippen molar-refractivity contribution in [1.29, 1.82) is 0 Å². The standard InChI is InChI=1S/C20H26BrN3O5S/c1-13(18(25)22-11-14-8-10-30(28,29)12-14)23-19(26)17-3-2-9-24(17)20(27)15-4-6-16(21)7-5-15/h4-7,13-14,17H,2-3,8-12H2,1H3,(H,22,25)(H,23,26). The van der Waals surface area contributed by atoms with E-state index in [0.717, 1.165) is 10.9 Å². The molecule has 3 amide bonds. The maximum Gasteiger partial charge on any atom is 0.254 e. The van der Waals surface area contributed by atoms with Crippen molar-refractivity contribution in [3.05, 3.63) is 34.3 Å². The normalized spacial score (nSPS) is 23.7. The van der Waals surface area contributed by atoms with Crippen molar-refractivity contribution in [2.24, 2.45) is 5.92 Å². The number of nitrogens with zero attached hydrogens (tertiary/aromatic N) is 1. The molecule has 2 aliphatic heterocycles. The smallest absolute Gasteiger partial charge is 0.254 e. The minimum absolute atomic E-state index is 0.0865. The minimum atomic E-state index is -2.99. The van der Waals surface area contributed by atoms with Gasteiger partial charge in [0.15, 0.2) is 9.84 Å². The third kappa shape index (κ3) is 5.60. The predicted octanol–water partition coefficient (Wildman–Crippen LogP) is 1.11. The van der Waals surface area contributed by atoms with Crippen LogP contribution in [0.1, 0.15) is 36.5 Å². The van der Waals surface area contributed by atoms with Crippen molar-refractivity contribution < 1.29 is 22.8 Å². The third-order valence-electron chi connectivity index (χ3n) is 5.55. The van der Waals surface area contributed by atoms with Crippen LogP contribution >= 0.6 is 15.9 Å². The Morgan fingerprint density at radius 3 is 2.53 bits per heavy atom. The largest absolute Gasteiger partial charge is 0.354 e. The van der Waals surface area contributed by atoms with Crippen LogP contribution in [0, 0.1) is 5.92 Å². The Bertz CT molecular complexity index is 919. The van der Waals surface area contributed by atoms with E-state index in [1.165, 1.54) is 0 Å². The second kappa shape index (κ2) is 9.47. The number of rotatable bonds is 6. The van der Waals surface area contributed by atoms with Gasteiger partial charge in [0.05, 0.1) is 11.5 Å². The molecule has 3 unspecified atom stereocenters. The van der Waals surface area contributed by atoms with Gasteiger partial charge in [-0.1, -0.05) is 15.9 Å². The highest BCUT2D eigenvalue weighted by Gasteiger charge is 2.35. The number of carbonyl (C=O) groups is 3. The molecular weight excluding hydrogens is 474 g/mol. The second-order valence-corrected chi connectivity index (χ2v) is 11.1. The van der Waals surface area contributed by atoms with Crippen molar-refractivity contribution in [2.45, 2.75) is 38.3 Å². The lowest BCUT2D eigenvalue weighted by atomic mass is 10.1. The molecule has 3 atom stereocenters. The fraction of sp³-hybridized carbons (Fsp3) is 0.550.